The zero-order valence-corrected chi connectivity index (χ0v) is 13.6. The maximum atomic E-state index is 6.16. The molecule has 2 aliphatic heterocycles. The second-order valence-electron chi connectivity index (χ2n) is 5.77. The highest BCUT2D eigenvalue weighted by Crippen LogP contribution is 2.39. The Labute approximate surface area is 132 Å². The van der Waals surface area contributed by atoms with Crippen LogP contribution in [-0.4, -0.2) is 33.6 Å². The third kappa shape index (κ3) is 1.92. The Morgan fingerprint density at radius 2 is 2.15 bits per heavy atom. The van der Waals surface area contributed by atoms with Crippen molar-refractivity contribution in [2.45, 2.75) is 37.2 Å². The second kappa shape index (κ2) is 5.00. The Bertz CT molecular complexity index is 654. The number of hydrogen-bond donors (Lipinski definition) is 0. The minimum absolute atomic E-state index is 0.482. The molecule has 0 saturated carbocycles. The Balaban J connectivity index is 1.87. The molecule has 2 unspecified atom stereocenters. The summed E-state index contributed by atoms with van der Waals surface area (Å²) in [4.78, 5) is 7.35. The van der Waals surface area contributed by atoms with Gasteiger partial charge in [-0.3, -0.25) is 4.90 Å². The summed E-state index contributed by atoms with van der Waals surface area (Å²) in [5.74, 6) is 1.49. The predicted octanol–water partition coefficient (Wildman–Crippen LogP) is 3.95. The third-order valence-electron chi connectivity index (χ3n) is 4.75. The third-order valence-corrected chi connectivity index (χ3v) is 5.48. The van der Waals surface area contributed by atoms with Crippen LogP contribution in [0.25, 0.3) is 11.0 Å². The van der Waals surface area contributed by atoms with Crippen LogP contribution in [0.5, 0.6) is 0 Å². The molecule has 0 bridgehead atoms. The molecule has 2 fully saturated rings. The molecule has 20 heavy (non-hydrogen) atoms. The minimum Gasteiger partial charge on any atom is -0.322 e. The Morgan fingerprint density at radius 3 is 3.00 bits per heavy atom. The van der Waals surface area contributed by atoms with Crippen molar-refractivity contribution in [3.05, 3.63) is 28.5 Å². The van der Waals surface area contributed by atoms with Gasteiger partial charge in [0.2, 0.25) is 0 Å². The molecule has 3 heterocycles. The number of nitrogens with zero attached hydrogens (tertiary/aromatic N) is 3. The minimum atomic E-state index is 0.482. The number of halogens is 2. The van der Waals surface area contributed by atoms with E-state index in [-0.39, 0.29) is 0 Å². The molecule has 5 heteroatoms. The van der Waals surface area contributed by atoms with Crippen LogP contribution in [-0.2, 0) is 5.88 Å². The molecule has 2 atom stereocenters. The van der Waals surface area contributed by atoms with E-state index in [1.807, 2.05) is 6.07 Å². The van der Waals surface area contributed by atoms with Crippen molar-refractivity contribution in [3.8, 4) is 0 Å². The fraction of sp³-hybridized carbons (Fsp3) is 0.533. The zero-order chi connectivity index (χ0) is 13.7. The van der Waals surface area contributed by atoms with Gasteiger partial charge >= 0.3 is 0 Å². The normalized spacial score (nSPS) is 26.5. The molecule has 1 aromatic heterocycles. The first kappa shape index (κ1) is 13.1. The molecule has 0 radical (unpaired) electrons. The molecule has 1 aromatic carbocycles. The van der Waals surface area contributed by atoms with E-state index in [9.17, 15) is 0 Å². The summed E-state index contributed by atoms with van der Waals surface area (Å²) in [6.07, 6.45) is 3.85. The molecule has 2 aromatic rings. The number of alkyl halides is 1. The number of imidazole rings is 1. The molecule has 106 valence electrons. The second-order valence-corrected chi connectivity index (χ2v) is 6.95. The van der Waals surface area contributed by atoms with Crippen LogP contribution in [0.3, 0.4) is 0 Å². The quantitative estimate of drug-likeness (QED) is 0.762. The van der Waals surface area contributed by atoms with Crippen molar-refractivity contribution in [1.82, 2.24) is 14.5 Å². The lowest BCUT2D eigenvalue weighted by Gasteiger charge is -2.23. The fourth-order valence-electron chi connectivity index (χ4n) is 3.94. The van der Waals surface area contributed by atoms with Gasteiger partial charge in [-0.2, -0.15) is 0 Å². The molecular formula is C15H17BrClN3. The number of rotatable bonds is 2. The van der Waals surface area contributed by atoms with Crippen molar-refractivity contribution in [2.75, 3.05) is 13.1 Å². The van der Waals surface area contributed by atoms with Crippen LogP contribution in [0, 0.1) is 0 Å². The first-order chi connectivity index (χ1) is 9.78. The average molecular weight is 355 g/mol. The molecular weight excluding hydrogens is 338 g/mol. The Kier molecular flexibility index (Phi) is 3.28. The van der Waals surface area contributed by atoms with Crippen molar-refractivity contribution >= 4 is 38.6 Å². The summed E-state index contributed by atoms with van der Waals surface area (Å²) >= 11 is 9.73. The number of hydrogen-bond acceptors (Lipinski definition) is 2. The zero-order valence-electron chi connectivity index (χ0n) is 11.2. The summed E-state index contributed by atoms with van der Waals surface area (Å²) in [5.41, 5.74) is 2.27. The lowest BCUT2D eigenvalue weighted by atomic mass is 10.1. The first-order valence-corrected chi connectivity index (χ1v) is 8.57. The Hall–Kier alpha value is -0.580. The largest absolute Gasteiger partial charge is 0.322 e. The lowest BCUT2D eigenvalue weighted by molar-refractivity contribution is 0.290. The van der Waals surface area contributed by atoms with Gasteiger partial charge < -0.3 is 4.57 Å². The monoisotopic (exact) mass is 353 g/mol. The highest BCUT2D eigenvalue weighted by Gasteiger charge is 2.39. The van der Waals surface area contributed by atoms with E-state index in [1.54, 1.807) is 0 Å². The van der Waals surface area contributed by atoms with Crippen LogP contribution >= 0.6 is 27.5 Å². The highest BCUT2D eigenvalue weighted by molar-refractivity contribution is 9.10. The molecule has 0 N–H and O–H groups in total. The maximum Gasteiger partial charge on any atom is 0.125 e. The van der Waals surface area contributed by atoms with Crippen LogP contribution in [0.1, 0.15) is 31.1 Å². The van der Waals surface area contributed by atoms with E-state index < -0.39 is 0 Å². The summed E-state index contributed by atoms with van der Waals surface area (Å²) in [6, 6.07) is 7.51. The van der Waals surface area contributed by atoms with Gasteiger partial charge in [-0.1, -0.05) is 15.9 Å². The first-order valence-electron chi connectivity index (χ1n) is 7.24. The van der Waals surface area contributed by atoms with Crippen molar-refractivity contribution in [1.29, 1.82) is 0 Å². The highest BCUT2D eigenvalue weighted by atomic mass is 79.9. The standard InChI is InChI=1S/C15H17BrClN3/c16-10-3-4-11-14(8-10)20(15(9-17)18-11)13-5-7-19-6-1-2-12(13)19/h3-4,8,12-13H,1-2,5-7,9H2. The number of benzene rings is 1. The SMILES string of the molecule is ClCc1nc2ccc(Br)cc2n1C1CCN2CCCC12. The van der Waals surface area contributed by atoms with Crippen LogP contribution < -0.4 is 0 Å². The van der Waals surface area contributed by atoms with Crippen LogP contribution in [0.4, 0.5) is 0 Å². The maximum absolute atomic E-state index is 6.16. The molecule has 0 amide bonds. The van der Waals surface area contributed by atoms with Crippen molar-refractivity contribution in [3.63, 3.8) is 0 Å². The van der Waals surface area contributed by atoms with E-state index >= 15 is 0 Å². The van der Waals surface area contributed by atoms with Gasteiger partial charge in [0.05, 0.1) is 23.0 Å². The van der Waals surface area contributed by atoms with E-state index in [1.165, 1.54) is 37.9 Å². The molecule has 4 rings (SSSR count). The molecule has 3 nitrogen and oxygen atoms in total. The van der Waals surface area contributed by atoms with Crippen molar-refractivity contribution in [2.24, 2.45) is 0 Å². The van der Waals surface area contributed by atoms with E-state index in [0.717, 1.165) is 15.8 Å². The molecule has 0 spiro atoms. The summed E-state index contributed by atoms with van der Waals surface area (Å²) in [5, 5.41) is 0. The van der Waals surface area contributed by atoms with Crippen LogP contribution in [0.2, 0.25) is 0 Å². The number of aromatic nitrogens is 2. The fourth-order valence-corrected chi connectivity index (χ4v) is 4.47. The summed E-state index contributed by atoms with van der Waals surface area (Å²) < 4.78 is 3.51. The lowest BCUT2D eigenvalue weighted by Crippen LogP contribution is -2.28. The van der Waals surface area contributed by atoms with Gasteiger partial charge in [-0.15, -0.1) is 11.6 Å². The van der Waals surface area contributed by atoms with E-state index in [4.69, 9.17) is 16.6 Å². The number of fused-ring (bicyclic) bond motifs is 2. The summed E-state index contributed by atoms with van der Waals surface area (Å²) in [7, 11) is 0. The van der Waals surface area contributed by atoms with Crippen molar-refractivity contribution < 1.29 is 0 Å². The van der Waals surface area contributed by atoms with E-state index in [0.29, 0.717) is 18.0 Å². The van der Waals surface area contributed by atoms with E-state index in [2.05, 4.69) is 37.5 Å². The van der Waals surface area contributed by atoms with Gasteiger partial charge in [0.1, 0.15) is 5.82 Å². The summed E-state index contributed by atoms with van der Waals surface area (Å²) in [6.45, 7) is 2.47. The average Bonchev–Trinajstić information content (AvgIpc) is 3.11. The topological polar surface area (TPSA) is 21.1 Å². The van der Waals surface area contributed by atoms with Gasteiger partial charge in [-0.25, -0.2) is 4.98 Å². The van der Waals surface area contributed by atoms with Gasteiger partial charge in [0, 0.05) is 17.1 Å². The van der Waals surface area contributed by atoms with Gasteiger partial charge in [-0.05, 0) is 44.0 Å². The van der Waals surface area contributed by atoms with Gasteiger partial charge in [0.25, 0.3) is 0 Å². The molecule has 0 aliphatic carbocycles. The Morgan fingerprint density at radius 1 is 1.25 bits per heavy atom. The van der Waals surface area contributed by atoms with Crippen LogP contribution in [0.15, 0.2) is 22.7 Å². The molecule has 2 aliphatic rings. The smallest absolute Gasteiger partial charge is 0.125 e. The van der Waals surface area contributed by atoms with Gasteiger partial charge in [0.15, 0.2) is 0 Å². The molecule has 2 saturated heterocycles. The predicted molar refractivity (Wildman–Crippen MR) is 85.2 cm³/mol.